The molecule has 0 atom stereocenters. The number of aromatic hydroxyl groups is 1. The minimum atomic E-state index is -0.782. The van der Waals surface area contributed by atoms with Crippen LogP contribution >= 0.6 is 24.0 Å². The van der Waals surface area contributed by atoms with Gasteiger partial charge in [0, 0.05) is 22.2 Å². The monoisotopic (exact) mass is 355 g/mol. The Balaban J connectivity index is 0.00000264. The van der Waals surface area contributed by atoms with Crippen LogP contribution in [0.5, 0.6) is 11.5 Å². The number of amides is 2. The molecule has 2 rings (SSSR count). The molecule has 0 saturated heterocycles. The van der Waals surface area contributed by atoms with Crippen LogP contribution in [0.4, 0.5) is 4.79 Å². The fourth-order valence-electron chi connectivity index (χ4n) is 1.66. The lowest BCUT2D eigenvalue weighted by atomic mass is 10.2. The summed E-state index contributed by atoms with van der Waals surface area (Å²) in [6, 6.07) is 11.3. The SMILES string of the molecule is Cl.NC(=O)NN=Cc1ccc(OCc2ccccc2Cl)cc1O. The number of nitrogens with zero attached hydrogens (tertiary/aromatic N) is 1. The number of rotatable bonds is 5. The third-order valence-electron chi connectivity index (χ3n) is 2.73. The lowest BCUT2D eigenvalue weighted by molar-refractivity contribution is 0.249. The Morgan fingerprint density at radius 3 is 2.74 bits per heavy atom. The summed E-state index contributed by atoms with van der Waals surface area (Å²) in [4.78, 5) is 10.5. The maximum Gasteiger partial charge on any atom is 0.332 e. The fourth-order valence-corrected chi connectivity index (χ4v) is 1.85. The summed E-state index contributed by atoms with van der Waals surface area (Å²) in [5.41, 5.74) is 8.17. The average Bonchev–Trinajstić information content (AvgIpc) is 2.48. The maximum atomic E-state index is 10.5. The molecule has 122 valence electrons. The molecular formula is C15H15Cl2N3O3. The van der Waals surface area contributed by atoms with Crippen LogP contribution in [0.3, 0.4) is 0 Å². The summed E-state index contributed by atoms with van der Waals surface area (Å²) in [5, 5.41) is 14.1. The zero-order valence-electron chi connectivity index (χ0n) is 11.9. The van der Waals surface area contributed by atoms with Gasteiger partial charge in [-0.05, 0) is 18.2 Å². The molecule has 8 heteroatoms. The van der Waals surface area contributed by atoms with Gasteiger partial charge in [0.1, 0.15) is 18.1 Å². The first-order valence-corrected chi connectivity index (χ1v) is 6.72. The molecule has 0 aliphatic heterocycles. The summed E-state index contributed by atoms with van der Waals surface area (Å²) in [5.74, 6) is 0.448. The molecule has 0 radical (unpaired) electrons. The Kier molecular flexibility index (Phi) is 7.18. The van der Waals surface area contributed by atoms with E-state index in [9.17, 15) is 9.90 Å². The van der Waals surface area contributed by atoms with E-state index in [0.717, 1.165) is 5.56 Å². The number of benzene rings is 2. The predicted octanol–water partition coefficient (Wildman–Crippen LogP) is 3.05. The van der Waals surface area contributed by atoms with E-state index in [0.29, 0.717) is 16.3 Å². The molecule has 0 heterocycles. The van der Waals surface area contributed by atoms with E-state index in [1.807, 2.05) is 23.6 Å². The van der Waals surface area contributed by atoms with Crippen LogP contribution < -0.4 is 15.9 Å². The number of urea groups is 1. The number of ether oxygens (including phenoxy) is 1. The Labute approximate surface area is 144 Å². The number of nitrogens with one attached hydrogen (secondary N) is 1. The molecule has 0 aliphatic carbocycles. The number of phenolic OH excluding ortho intramolecular Hbond substituents is 1. The molecule has 0 saturated carbocycles. The Morgan fingerprint density at radius 2 is 2.09 bits per heavy atom. The standard InChI is InChI=1S/C15H14ClN3O3.ClH/c16-13-4-2-1-3-11(13)9-22-12-6-5-10(14(20)7-12)8-18-19-15(17)21;/h1-8,20H,9H2,(H3,17,19,21);1H. The van der Waals surface area contributed by atoms with E-state index in [4.69, 9.17) is 22.1 Å². The van der Waals surface area contributed by atoms with Gasteiger partial charge in [0.2, 0.25) is 0 Å². The van der Waals surface area contributed by atoms with Crippen molar-refractivity contribution in [1.29, 1.82) is 0 Å². The summed E-state index contributed by atoms with van der Waals surface area (Å²) in [6.07, 6.45) is 1.28. The topological polar surface area (TPSA) is 96.9 Å². The largest absolute Gasteiger partial charge is 0.507 e. The average molecular weight is 356 g/mol. The van der Waals surface area contributed by atoms with E-state index >= 15 is 0 Å². The zero-order chi connectivity index (χ0) is 15.9. The molecule has 0 aliphatic rings. The third kappa shape index (κ3) is 5.69. The summed E-state index contributed by atoms with van der Waals surface area (Å²) < 4.78 is 5.57. The van der Waals surface area contributed by atoms with Crippen LogP contribution in [0.25, 0.3) is 0 Å². The van der Waals surface area contributed by atoms with Crippen LogP contribution in [0.2, 0.25) is 5.02 Å². The number of phenols is 1. The maximum absolute atomic E-state index is 10.5. The van der Waals surface area contributed by atoms with Crippen molar-refractivity contribution in [3.8, 4) is 11.5 Å². The molecule has 2 aromatic carbocycles. The number of halogens is 2. The second-order valence-corrected chi connectivity index (χ2v) is 4.74. The van der Waals surface area contributed by atoms with Crippen LogP contribution in [0.1, 0.15) is 11.1 Å². The van der Waals surface area contributed by atoms with Crippen LogP contribution in [-0.2, 0) is 6.61 Å². The zero-order valence-corrected chi connectivity index (χ0v) is 13.5. The van der Waals surface area contributed by atoms with Crippen LogP contribution in [0, 0.1) is 0 Å². The van der Waals surface area contributed by atoms with E-state index in [1.165, 1.54) is 12.3 Å². The van der Waals surface area contributed by atoms with Crippen LogP contribution in [0.15, 0.2) is 47.6 Å². The van der Waals surface area contributed by atoms with Gasteiger partial charge in [0.25, 0.3) is 0 Å². The number of nitrogens with two attached hydrogens (primary N) is 1. The smallest absolute Gasteiger partial charge is 0.332 e. The summed E-state index contributed by atoms with van der Waals surface area (Å²) >= 11 is 6.04. The highest BCUT2D eigenvalue weighted by atomic mass is 35.5. The van der Waals surface area contributed by atoms with Crippen molar-refractivity contribution in [2.24, 2.45) is 10.8 Å². The van der Waals surface area contributed by atoms with Crippen molar-refractivity contribution < 1.29 is 14.6 Å². The highest BCUT2D eigenvalue weighted by molar-refractivity contribution is 6.31. The molecule has 0 aromatic heterocycles. The lowest BCUT2D eigenvalue weighted by Crippen LogP contribution is -2.24. The molecule has 0 bridgehead atoms. The highest BCUT2D eigenvalue weighted by Crippen LogP contribution is 2.24. The van der Waals surface area contributed by atoms with Gasteiger partial charge in [-0.25, -0.2) is 10.2 Å². The van der Waals surface area contributed by atoms with Gasteiger partial charge in [-0.2, -0.15) is 5.10 Å². The first kappa shape index (κ1) is 18.6. The third-order valence-corrected chi connectivity index (χ3v) is 3.10. The number of hydrogen-bond acceptors (Lipinski definition) is 4. The second-order valence-electron chi connectivity index (χ2n) is 4.33. The fraction of sp³-hybridized carbons (Fsp3) is 0.0667. The van der Waals surface area contributed by atoms with E-state index in [-0.39, 0.29) is 24.8 Å². The normalized spacial score (nSPS) is 10.1. The van der Waals surface area contributed by atoms with Gasteiger partial charge in [-0.3, -0.25) is 0 Å². The number of hydrogen-bond donors (Lipinski definition) is 3. The minimum Gasteiger partial charge on any atom is -0.507 e. The first-order chi connectivity index (χ1) is 10.6. The lowest BCUT2D eigenvalue weighted by Gasteiger charge is -2.09. The molecule has 2 aromatic rings. The number of hydrazone groups is 1. The molecule has 4 N–H and O–H groups in total. The second kappa shape index (κ2) is 8.87. The first-order valence-electron chi connectivity index (χ1n) is 6.34. The van der Waals surface area contributed by atoms with Crippen molar-refractivity contribution in [3.05, 3.63) is 58.6 Å². The number of primary amides is 1. The van der Waals surface area contributed by atoms with Gasteiger partial charge in [-0.15, -0.1) is 12.4 Å². The van der Waals surface area contributed by atoms with Gasteiger partial charge in [-0.1, -0.05) is 29.8 Å². The summed E-state index contributed by atoms with van der Waals surface area (Å²) in [6.45, 7) is 0.287. The molecular weight excluding hydrogens is 341 g/mol. The van der Waals surface area contributed by atoms with Gasteiger partial charge >= 0.3 is 6.03 Å². The molecule has 0 spiro atoms. The molecule has 2 amide bonds. The van der Waals surface area contributed by atoms with Gasteiger partial charge in [0.15, 0.2) is 0 Å². The van der Waals surface area contributed by atoms with E-state index < -0.39 is 6.03 Å². The molecule has 6 nitrogen and oxygen atoms in total. The predicted molar refractivity (Wildman–Crippen MR) is 91.5 cm³/mol. The highest BCUT2D eigenvalue weighted by Gasteiger charge is 2.04. The Morgan fingerprint density at radius 1 is 1.35 bits per heavy atom. The van der Waals surface area contributed by atoms with E-state index in [2.05, 4.69) is 5.10 Å². The molecule has 23 heavy (non-hydrogen) atoms. The molecule has 0 fully saturated rings. The van der Waals surface area contributed by atoms with Crippen molar-refractivity contribution in [3.63, 3.8) is 0 Å². The number of carbonyl (C=O) groups excluding carboxylic acids is 1. The van der Waals surface area contributed by atoms with Crippen molar-refractivity contribution in [1.82, 2.24) is 5.43 Å². The Hall–Kier alpha value is -2.44. The van der Waals surface area contributed by atoms with Crippen molar-refractivity contribution in [2.45, 2.75) is 6.61 Å². The summed E-state index contributed by atoms with van der Waals surface area (Å²) in [7, 11) is 0. The number of carbonyl (C=O) groups is 1. The minimum absolute atomic E-state index is 0. The molecule has 0 unspecified atom stereocenters. The van der Waals surface area contributed by atoms with E-state index in [1.54, 1.807) is 18.2 Å². The van der Waals surface area contributed by atoms with Crippen molar-refractivity contribution >= 4 is 36.3 Å². The quantitative estimate of drug-likeness (QED) is 0.567. The van der Waals surface area contributed by atoms with Gasteiger partial charge < -0.3 is 15.6 Å². The Bertz CT molecular complexity index is 708. The van der Waals surface area contributed by atoms with Gasteiger partial charge in [0.05, 0.1) is 6.21 Å². The van der Waals surface area contributed by atoms with Crippen molar-refractivity contribution in [2.75, 3.05) is 0 Å². The van der Waals surface area contributed by atoms with Crippen LogP contribution in [-0.4, -0.2) is 17.4 Å².